The van der Waals surface area contributed by atoms with Gasteiger partial charge in [0, 0.05) is 23.6 Å². The number of epoxide rings is 1. The van der Waals surface area contributed by atoms with E-state index < -0.39 is 17.3 Å². The number of phenolic OH excluding ortho intramolecular Hbond substituents is 3. The highest BCUT2D eigenvalue weighted by molar-refractivity contribution is 6.12. The molecule has 2 aromatic carbocycles. The average Bonchev–Trinajstić information content (AvgIpc) is 3.28. The second-order valence-corrected chi connectivity index (χ2v) is 7.76. The number of benzene rings is 2. The highest BCUT2D eigenvalue weighted by atomic mass is 16.6. The zero-order valence-electron chi connectivity index (χ0n) is 16.4. The minimum Gasteiger partial charge on any atom is -0.507 e. The van der Waals surface area contributed by atoms with Crippen LogP contribution in [0.25, 0.3) is 0 Å². The molecular weight excluding hydrogens is 356 g/mol. The third-order valence-electron chi connectivity index (χ3n) is 5.24. The molecule has 2 aromatic rings. The number of allylic oxidation sites excluding steroid dienone is 2. The van der Waals surface area contributed by atoms with Gasteiger partial charge in [0.15, 0.2) is 0 Å². The van der Waals surface area contributed by atoms with Gasteiger partial charge in [0.25, 0.3) is 0 Å². The van der Waals surface area contributed by atoms with Crippen molar-refractivity contribution in [3.05, 3.63) is 64.7 Å². The van der Waals surface area contributed by atoms with Gasteiger partial charge >= 0.3 is 0 Å². The van der Waals surface area contributed by atoms with Crippen LogP contribution in [0.1, 0.15) is 55.1 Å². The lowest BCUT2D eigenvalue weighted by atomic mass is 9.92. The van der Waals surface area contributed by atoms with E-state index >= 15 is 0 Å². The van der Waals surface area contributed by atoms with Gasteiger partial charge in [-0.15, -0.1) is 0 Å². The summed E-state index contributed by atoms with van der Waals surface area (Å²) < 4.78 is 5.82. The predicted octanol–water partition coefficient (Wildman–Crippen LogP) is 4.48. The number of rotatable bonds is 7. The molecule has 5 heteroatoms. The molecule has 3 rings (SSSR count). The smallest absolute Gasteiger partial charge is 0.200 e. The van der Waals surface area contributed by atoms with Gasteiger partial charge in [-0.1, -0.05) is 42.0 Å². The lowest BCUT2D eigenvalue weighted by Gasteiger charge is -2.13. The Morgan fingerprint density at radius 2 is 1.82 bits per heavy atom. The molecule has 1 aliphatic heterocycles. The Morgan fingerprint density at radius 1 is 1.14 bits per heavy atom. The number of ether oxygens (including phenoxy) is 1. The molecule has 148 valence electrons. The first-order valence-corrected chi connectivity index (χ1v) is 9.40. The quantitative estimate of drug-likeness (QED) is 0.373. The average molecular weight is 382 g/mol. The molecule has 0 spiro atoms. The Hall–Kier alpha value is -2.79. The Bertz CT molecular complexity index is 912. The molecule has 0 amide bonds. The van der Waals surface area contributed by atoms with Gasteiger partial charge in [-0.2, -0.15) is 0 Å². The van der Waals surface area contributed by atoms with E-state index in [1.54, 1.807) is 30.3 Å². The first-order valence-electron chi connectivity index (χ1n) is 9.40. The lowest BCUT2D eigenvalue weighted by Crippen LogP contribution is -2.12. The molecule has 3 N–H and O–H groups in total. The summed E-state index contributed by atoms with van der Waals surface area (Å²) in [5, 5.41) is 31.1. The molecule has 1 aliphatic rings. The number of aromatic hydroxyl groups is 3. The van der Waals surface area contributed by atoms with Gasteiger partial charge in [0.1, 0.15) is 22.8 Å². The van der Waals surface area contributed by atoms with E-state index in [9.17, 15) is 20.1 Å². The van der Waals surface area contributed by atoms with E-state index in [4.69, 9.17) is 4.74 Å². The van der Waals surface area contributed by atoms with Crippen molar-refractivity contribution in [1.82, 2.24) is 0 Å². The van der Waals surface area contributed by atoms with Gasteiger partial charge in [-0.05, 0) is 33.6 Å². The van der Waals surface area contributed by atoms with Crippen LogP contribution >= 0.6 is 0 Å². The van der Waals surface area contributed by atoms with Crippen molar-refractivity contribution < 1.29 is 24.9 Å². The summed E-state index contributed by atoms with van der Waals surface area (Å²) in [7, 11) is 0. The standard InChI is InChI=1S/C23H26O5/c1-14(2)8-7-11-23(3)19(28-23)12-16-17(24)13-18(25)20(22(16)27)21(26)15-9-5-4-6-10-15/h4-6,8-10,13,19,24-25,27H,7,11-12H2,1-3H3/t19-,23-/m0/s1. The van der Waals surface area contributed by atoms with Gasteiger partial charge < -0.3 is 20.1 Å². The molecule has 0 bridgehead atoms. The summed E-state index contributed by atoms with van der Waals surface area (Å²) in [6.07, 6.45) is 3.96. The fraction of sp³-hybridized carbons (Fsp3) is 0.348. The Balaban J connectivity index is 1.83. The van der Waals surface area contributed by atoms with Crippen LogP contribution < -0.4 is 0 Å². The van der Waals surface area contributed by atoms with Gasteiger partial charge in [0.2, 0.25) is 5.78 Å². The maximum absolute atomic E-state index is 12.7. The fourth-order valence-electron chi connectivity index (χ4n) is 3.44. The summed E-state index contributed by atoms with van der Waals surface area (Å²) in [6, 6.07) is 9.51. The first-order chi connectivity index (χ1) is 13.2. The predicted molar refractivity (Wildman–Crippen MR) is 107 cm³/mol. The van der Waals surface area contributed by atoms with Crippen molar-refractivity contribution in [3.63, 3.8) is 0 Å². The number of hydrogen-bond donors (Lipinski definition) is 3. The summed E-state index contributed by atoms with van der Waals surface area (Å²) in [6.45, 7) is 6.10. The largest absolute Gasteiger partial charge is 0.507 e. The number of hydrogen-bond acceptors (Lipinski definition) is 5. The summed E-state index contributed by atoms with van der Waals surface area (Å²) in [5.74, 6) is -1.59. The van der Waals surface area contributed by atoms with Gasteiger partial charge in [-0.25, -0.2) is 0 Å². The van der Waals surface area contributed by atoms with Crippen molar-refractivity contribution in [3.8, 4) is 17.2 Å². The topological polar surface area (TPSA) is 90.3 Å². The first kappa shape index (κ1) is 20.0. The van der Waals surface area contributed by atoms with E-state index in [-0.39, 0.29) is 35.0 Å². The minimum atomic E-state index is -0.500. The molecule has 1 heterocycles. The molecule has 0 aromatic heterocycles. The maximum atomic E-state index is 12.7. The Morgan fingerprint density at radius 3 is 2.46 bits per heavy atom. The maximum Gasteiger partial charge on any atom is 0.200 e. The van der Waals surface area contributed by atoms with Crippen molar-refractivity contribution in [2.75, 3.05) is 0 Å². The van der Waals surface area contributed by atoms with Crippen LogP contribution in [-0.2, 0) is 11.2 Å². The molecular formula is C23H26O5. The van der Waals surface area contributed by atoms with Gasteiger partial charge in [0.05, 0.1) is 11.7 Å². The van der Waals surface area contributed by atoms with Crippen LogP contribution in [0.5, 0.6) is 17.2 Å². The minimum absolute atomic E-state index is 0.168. The lowest BCUT2D eigenvalue weighted by molar-refractivity contribution is 0.103. The third-order valence-corrected chi connectivity index (χ3v) is 5.24. The number of ketones is 1. The van der Waals surface area contributed by atoms with Gasteiger partial charge in [-0.3, -0.25) is 4.79 Å². The number of carbonyl (C=O) groups excluding carboxylic acids is 1. The van der Waals surface area contributed by atoms with E-state index in [0.29, 0.717) is 5.56 Å². The van der Waals surface area contributed by atoms with Crippen LogP contribution in [0.15, 0.2) is 48.0 Å². The van der Waals surface area contributed by atoms with E-state index in [2.05, 4.69) is 6.08 Å². The zero-order chi connectivity index (χ0) is 20.5. The van der Waals surface area contributed by atoms with Crippen molar-refractivity contribution in [1.29, 1.82) is 0 Å². The zero-order valence-corrected chi connectivity index (χ0v) is 16.4. The summed E-state index contributed by atoms with van der Waals surface area (Å²) in [4.78, 5) is 12.7. The molecule has 0 saturated carbocycles. The Kier molecular flexibility index (Phi) is 5.47. The fourth-order valence-corrected chi connectivity index (χ4v) is 3.44. The summed E-state index contributed by atoms with van der Waals surface area (Å²) in [5.41, 5.74) is 1.28. The van der Waals surface area contributed by atoms with E-state index in [0.717, 1.165) is 18.9 Å². The number of carbonyl (C=O) groups is 1. The highest BCUT2D eigenvalue weighted by Gasteiger charge is 2.51. The van der Waals surface area contributed by atoms with Crippen molar-refractivity contribution >= 4 is 5.78 Å². The molecule has 0 radical (unpaired) electrons. The van der Waals surface area contributed by atoms with Crippen molar-refractivity contribution in [2.45, 2.75) is 51.7 Å². The monoisotopic (exact) mass is 382 g/mol. The second-order valence-electron chi connectivity index (χ2n) is 7.76. The molecule has 2 atom stereocenters. The van der Waals surface area contributed by atoms with E-state index in [1.807, 2.05) is 20.8 Å². The normalized spacial score (nSPS) is 20.6. The van der Waals surface area contributed by atoms with Crippen LogP contribution in [0.4, 0.5) is 0 Å². The Labute approximate surface area is 164 Å². The molecule has 1 saturated heterocycles. The van der Waals surface area contributed by atoms with Crippen LogP contribution in [-0.4, -0.2) is 32.8 Å². The van der Waals surface area contributed by atoms with Crippen LogP contribution in [0.2, 0.25) is 0 Å². The SMILES string of the molecule is CC(C)=CCC[C@]1(C)O[C@H]1Cc1c(O)cc(O)c(C(=O)c2ccccc2)c1O. The molecule has 1 fully saturated rings. The highest BCUT2D eigenvalue weighted by Crippen LogP contribution is 2.46. The molecule has 0 unspecified atom stereocenters. The van der Waals surface area contributed by atoms with Crippen molar-refractivity contribution in [2.24, 2.45) is 0 Å². The van der Waals surface area contributed by atoms with Crippen LogP contribution in [0.3, 0.4) is 0 Å². The number of phenols is 3. The summed E-state index contributed by atoms with van der Waals surface area (Å²) >= 11 is 0. The molecule has 5 nitrogen and oxygen atoms in total. The van der Waals surface area contributed by atoms with E-state index in [1.165, 1.54) is 5.57 Å². The van der Waals surface area contributed by atoms with Crippen LogP contribution in [0, 0.1) is 0 Å². The molecule has 0 aliphatic carbocycles. The second kappa shape index (κ2) is 7.68. The molecule has 28 heavy (non-hydrogen) atoms. The third kappa shape index (κ3) is 4.04.